The SMILES string of the molecule is O=C1CCCN1CC1CCN(C(=O)c2ccc(-c3ccoc3)nc2)CC1. The molecule has 2 aliphatic heterocycles. The lowest BCUT2D eigenvalue weighted by atomic mass is 9.96. The Morgan fingerprint density at radius 2 is 2.04 bits per heavy atom. The van der Waals surface area contributed by atoms with Gasteiger partial charge in [-0.1, -0.05) is 0 Å². The van der Waals surface area contributed by atoms with Crippen LogP contribution >= 0.6 is 0 Å². The van der Waals surface area contributed by atoms with Gasteiger partial charge in [-0.15, -0.1) is 0 Å². The van der Waals surface area contributed by atoms with Crippen LogP contribution in [0.5, 0.6) is 0 Å². The highest BCUT2D eigenvalue weighted by Crippen LogP contribution is 2.23. The van der Waals surface area contributed by atoms with Gasteiger partial charge in [0.25, 0.3) is 5.91 Å². The molecule has 2 amide bonds. The van der Waals surface area contributed by atoms with E-state index in [1.807, 2.05) is 28.0 Å². The number of pyridine rings is 1. The molecule has 4 rings (SSSR count). The topological polar surface area (TPSA) is 66.7 Å². The number of rotatable bonds is 4. The largest absolute Gasteiger partial charge is 0.472 e. The van der Waals surface area contributed by atoms with Crippen molar-refractivity contribution in [2.45, 2.75) is 25.7 Å². The molecule has 0 aromatic carbocycles. The van der Waals surface area contributed by atoms with Crippen LogP contribution in [0.2, 0.25) is 0 Å². The summed E-state index contributed by atoms with van der Waals surface area (Å²) in [5.74, 6) is 0.821. The quantitative estimate of drug-likeness (QED) is 0.848. The maximum absolute atomic E-state index is 12.7. The average molecular weight is 353 g/mol. The first-order chi connectivity index (χ1) is 12.7. The number of carbonyl (C=O) groups excluding carboxylic acids is 2. The first-order valence-electron chi connectivity index (χ1n) is 9.26. The summed E-state index contributed by atoms with van der Waals surface area (Å²) >= 11 is 0. The van der Waals surface area contributed by atoms with Crippen LogP contribution in [-0.4, -0.2) is 52.8 Å². The first kappa shape index (κ1) is 16.8. The maximum Gasteiger partial charge on any atom is 0.255 e. The predicted octanol–water partition coefficient (Wildman–Crippen LogP) is 2.82. The molecule has 2 fully saturated rings. The van der Waals surface area contributed by atoms with Gasteiger partial charge >= 0.3 is 0 Å². The first-order valence-corrected chi connectivity index (χ1v) is 9.26. The Kier molecular flexibility index (Phi) is 4.73. The van der Waals surface area contributed by atoms with E-state index in [1.54, 1.807) is 18.7 Å². The van der Waals surface area contributed by atoms with E-state index >= 15 is 0 Å². The summed E-state index contributed by atoms with van der Waals surface area (Å²) in [5.41, 5.74) is 2.32. The standard InChI is InChI=1S/C20H23N3O3/c24-19-2-1-8-23(19)13-15-5-9-22(10-6-15)20(25)16-3-4-18(21-12-16)17-7-11-26-14-17/h3-4,7,11-12,14-15H,1-2,5-6,8-10,13H2. The van der Waals surface area contributed by atoms with Crippen molar-refractivity contribution in [3.05, 3.63) is 42.5 Å². The fourth-order valence-electron chi connectivity index (χ4n) is 3.81. The van der Waals surface area contributed by atoms with Gasteiger partial charge in [0.2, 0.25) is 5.91 Å². The summed E-state index contributed by atoms with van der Waals surface area (Å²) in [5, 5.41) is 0. The van der Waals surface area contributed by atoms with E-state index in [0.29, 0.717) is 17.9 Å². The number of amides is 2. The molecule has 4 heterocycles. The third-order valence-corrected chi connectivity index (χ3v) is 5.38. The molecule has 0 atom stereocenters. The molecular weight excluding hydrogens is 330 g/mol. The Bertz CT molecular complexity index is 762. The lowest BCUT2D eigenvalue weighted by Gasteiger charge is -2.33. The van der Waals surface area contributed by atoms with E-state index in [0.717, 1.165) is 56.7 Å². The van der Waals surface area contributed by atoms with Crippen molar-refractivity contribution in [2.75, 3.05) is 26.2 Å². The van der Waals surface area contributed by atoms with Crippen LogP contribution in [0.1, 0.15) is 36.0 Å². The minimum absolute atomic E-state index is 0.0342. The molecule has 0 bridgehead atoms. The Morgan fingerprint density at radius 1 is 1.19 bits per heavy atom. The summed E-state index contributed by atoms with van der Waals surface area (Å²) in [6.07, 6.45) is 8.47. The third kappa shape index (κ3) is 3.49. The fraction of sp³-hybridized carbons (Fsp3) is 0.450. The number of likely N-dealkylation sites (tertiary alicyclic amines) is 2. The molecule has 0 aliphatic carbocycles. The van der Waals surface area contributed by atoms with Crippen LogP contribution in [0.4, 0.5) is 0 Å². The van der Waals surface area contributed by atoms with Crippen LogP contribution in [0.3, 0.4) is 0 Å². The summed E-state index contributed by atoms with van der Waals surface area (Å²) in [6.45, 7) is 3.23. The molecule has 0 spiro atoms. The fourth-order valence-corrected chi connectivity index (χ4v) is 3.81. The van der Waals surface area contributed by atoms with Crippen molar-refractivity contribution in [2.24, 2.45) is 5.92 Å². The smallest absolute Gasteiger partial charge is 0.255 e. The number of carbonyl (C=O) groups is 2. The van der Waals surface area contributed by atoms with Crippen LogP contribution in [0, 0.1) is 5.92 Å². The highest BCUT2D eigenvalue weighted by atomic mass is 16.3. The Hall–Kier alpha value is -2.63. The van der Waals surface area contributed by atoms with Crippen LogP contribution in [0.25, 0.3) is 11.3 Å². The van der Waals surface area contributed by atoms with Gasteiger partial charge in [0, 0.05) is 44.4 Å². The second kappa shape index (κ2) is 7.32. The molecule has 0 unspecified atom stereocenters. The van der Waals surface area contributed by atoms with Crippen LogP contribution < -0.4 is 0 Å². The molecule has 2 aromatic rings. The van der Waals surface area contributed by atoms with E-state index in [4.69, 9.17) is 4.42 Å². The zero-order chi connectivity index (χ0) is 17.9. The van der Waals surface area contributed by atoms with E-state index in [1.165, 1.54) is 0 Å². The second-order valence-electron chi connectivity index (χ2n) is 7.12. The van der Waals surface area contributed by atoms with Gasteiger partial charge in [-0.2, -0.15) is 0 Å². The average Bonchev–Trinajstić information content (AvgIpc) is 3.35. The number of nitrogens with zero attached hydrogens (tertiary/aromatic N) is 3. The Morgan fingerprint density at radius 3 is 2.65 bits per heavy atom. The molecule has 2 saturated heterocycles. The lowest BCUT2D eigenvalue weighted by Crippen LogP contribution is -2.41. The number of hydrogen-bond donors (Lipinski definition) is 0. The number of furan rings is 1. The van der Waals surface area contributed by atoms with E-state index in [-0.39, 0.29) is 11.8 Å². The summed E-state index contributed by atoms with van der Waals surface area (Å²) in [4.78, 5) is 32.7. The molecule has 0 N–H and O–H groups in total. The highest BCUT2D eigenvalue weighted by Gasteiger charge is 2.28. The minimum Gasteiger partial charge on any atom is -0.472 e. The highest BCUT2D eigenvalue weighted by molar-refractivity contribution is 5.94. The molecule has 2 aliphatic rings. The van der Waals surface area contributed by atoms with Crippen molar-refractivity contribution < 1.29 is 14.0 Å². The molecule has 0 saturated carbocycles. The molecular formula is C20H23N3O3. The molecule has 136 valence electrons. The molecule has 6 heteroatoms. The van der Waals surface area contributed by atoms with Gasteiger partial charge in [0.1, 0.15) is 0 Å². The molecule has 6 nitrogen and oxygen atoms in total. The number of aromatic nitrogens is 1. The van der Waals surface area contributed by atoms with Crippen molar-refractivity contribution in [3.63, 3.8) is 0 Å². The van der Waals surface area contributed by atoms with Gasteiger partial charge in [0.15, 0.2) is 0 Å². The minimum atomic E-state index is 0.0342. The molecule has 2 aromatic heterocycles. The van der Waals surface area contributed by atoms with Crippen LogP contribution in [0.15, 0.2) is 41.3 Å². The van der Waals surface area contributed by atoms with Crippen LogP contribution in [-0.2, 0) is 4.79 Å². The third-order valence-electron chi connectivity index (χ3n) is 5.38. The Balaban J connectivity index is 1.32. The Labute approximate surface area is 152 Å². The van der Waals surface area contributed by atoms with E-state index < -0.39 is 0 Å². The molecule has 0 radical (unpaired) electrons. The lowest BCUT2D eigenvalue weighted by molar-refractivity contribution is -0.128. The normalized spacial score (nSPS) is 18.5. The van der Waals surface area contributed by atoms with Gasteiger partial charge in [-0.3, -0.25) is 14.6 Å². The monoisotopic (exact) mass is 353 g/mol. The van der Waals surface area contributed by atoms with Gasteiger partial charge in [0.05, 0.1) is 23.8 Å². The van der Waals surface area contributed by atoms with E-state index in [2.05, 4.69) is 4.98 Å². The number of hydrogen-bond acceptors (Lipinski definition) is 4. The van der Waals surface area contributed by atoms with E-state index in [9.17, 15) is 9.59 Å². The van der Waals surface area contributed by atoms with Gasteiger partial charge in [-0.25, -0.2) is 0 Å². The summed E-state index contributed by atoms with van der Waals surface area (Å²) in [7, 11) is 0. The van der Waals surface area contributed by atoms with Crippen molar-refractivity contribution in [3.8, 4) is 11.3 Å². The number of piperidine rings is 1. The zero-order valence-corrected chi connectivity index (χ0v) is 14.8. The van der Waals surface area contributed by atoms with Crippen molar-refractivity contribution >= 4 is 11.8 Å². The summed E-state index contributed by atoms with van der Waals surface area (Å²) in [6, 6.07) is 5.52. The summed E-state index contributed by atoms with van der Waals surface area (Å²) < 4.78 is 5.07. The zero-order valence-electron chi connectivity index (χ0n) is 14.8. The molecule has 26 heavy (non-hydrogen) atoms. The van der Waals surface area contributed by atoms with Gasteiger partial charge in [-0.05, 0) is 43.4 Å². The predicted molar refractivity (Wildman–Crippen MR) is 96.4 cm³/mol. The maximum atomic E-state index is 12.7. The van der Waals surface area contributed by atoms with Crippen molar-refractivity contribution in [1.29, 1.82) is 0 Å². The second-order valence-corrected chi connectivity index (χ2v) is 7.12. The van der Waals surface area contributed by atoms with Crippen molar-refractivity contribution in [1.82, 2.24) is 14.8 Å². The van der Waals surface area contributed by atoms with Gasteiger partial charge < -0.3 is 14.2 Å².